The van der Waals surface area contributed by atoms with Crippen molar-refractivity contribution in [3.05, 3.63) is 18.0 Å². The Morgan fingerprint density at radius 3 is 2.95 bits per heavy atom. The van der Waals surface area contributed by atoms with Gasteiger partial charge in [0.15, 0.2) is 0 Å². The molecule has 1 aliphatic heterocycles. The van der Waals surface area contributed by atoms with Gasteiger partial charge >= 0.3 is 5.97 Å². The number of hydrogen-bond donors (Lipinski definition) is 1. The highest BCUT2D eigenvalue weighted by atomic mass is 35.5. The lowest BCUT2D eigenvalue weighted by Gasteiger charge is -2.32. The molecular weight excluding hydrogens is 268 g/mol. The lowest BCUT2D eigenvalue weighted by molar-refractivity contribution is -0.142. The van der Waals surface area contributed by atoms with Crippen LogP contribution in [0, 0.1) is 5.92 Å². The van der Waals surface area contributed by atoms with Gasteiger partial charge in [-0.05, 0) is 25.2 Å². The second kappa shape index (κ2) is 5.92. The Morgan fingerprint density at radius 1 is 1.47 bits per heavy atom. The molecule has 3 rings (SSSR count). The molecule has 106 valence electrons. The summed E-state index contributed by atoms with van der Waals surface area (Å²) >= 11 is 0. The first kappa shape index (κ1) is 14.3. The van der Waals surface area contributed by atoms with Crippen LogP contribution in [-0.4, -0.2) is 33.2 Å². The molecular formula is C13H19ClN2O3. The highest BCUT2D eigenvalue weighted by molar-refractivity contribution is 5.85. The standard InChI is InChI=1S/C13H18N2O3.ClH/c16-13(17)12-7-9-3-1-2-4-11(9)15(12)8-10-5-6-18-14-10;/h5-6,9,11-12H,1-4,7-8H2,(H,16,17);1H. The molecule has 0 bridgehead atoms. The first-order chi connectivity index (χ1) is 8.75. The summed E-state index contributed by atoms with van der Waals surface area (Å²) in [6.07, 6.45) is 7.07. The predicted octanol–water partition coefficient (Wildman–Crippen LogP) is 2.31. The average molecular weight is 287 g/mol. The maximum absolute atomic E-state index is 11.4. The van der Waals surface area contributed by atoms with Crippen molar-refractivity contribution in [1.29, 1.82) is 0 Å². The van der Waals surface area contributed by atoms with E-state index in [4.69, 9.17) is 4.52 Å². The molecule has 0 radical (unpaired) electrons. The molecule has 1 saturated carbocycles. The van der Waals surface area contributed by atoms with Crippen LogP contribution >= 0.6 is 12.4 Å². The molecule has 5 nitrogen and oxygen atoms in total. The van der Waals surface area contributed by atoms with Crippen molar-refractivity contribution in [2.24, 2.45) is 5.92 Å². The van der Waals surface area contributed by atoms with Crippen LogP contribution in [0.2, 0.25) is 0 Å². The molecule has 3 unspecified atom stereocenters. The minimum absolute atomic E-state index is 0. The fourth-order valence-electron chi connectivity index (χ4n) is 3.53. The molecule has 1 aromatic heterocycles. The number of nitrogens with zero attached hydrogens (tertiary/aromatic N) is 2. The second-order valence-electron chi connectivity index (χ2n) is 5.36. The van der Waals surface area contributed by atoms with E-state index in [0.717, 1.165) is 18.5 Å². The van der Waals surface area contributed by atoms with Gasteiger partial charge in [-0.1, -0.05) is 18.0 Å². The third-order valence-corrected chi connectivity index (χ3v) is 4.34. The normalized spacial score (nSPS) is 30.6. The van der Waals surface area contributed by atoms with Gasteiger partial charge < -0.3 is 9.63 Å². The fourth-order valence-corrected chi connectivity index (χ4v) is 3.53. The van der Waals surface area contributed by atoms with Crippen LogP contribution < -0.4 is 0 Å². The van der Waals surface area contributed by atoms with E-state index in [-0.39, 0.29) is 18.4 Å². The summed E-state index contributed by atoms with van der Waals surface area (Å²) < 4.78 is 4.83. The Hall–Kier alpha value is -1.07. The highest BCUT2D eigenvalue weighted by Gasteiger charge is 2.45. The smallest absolute Gasteiger partial charge is 0.320 e. The minimum atomic E-state index is -0.701. The number of carboxylic acids is 1. The van der Waals surface area contributed by atoms with Gasteiger partial charge in [-0.2, -0.15) is 0 Å². The van der Waals surface area contributed by atoms with Gasteiger partial charge in [-0.3, -0.25) is 9.69 Å². The van der Waals surface area contributed by atoms with E-state index in [1.54, 1.807) is 6.26 Å². The number of hydrogen-bond acceptors (Lipinski definition) is 4. The number of fused-ring (bicyclic) bond motifs is 1. The van der Waals surface area contributed by atoms with Crippen molar-refractivity contribution in [1.82, 2.24) is 10.1 Å². The number of carboxylic acid groups (broad SMARTS) is 1. The molecule has 3 atom stereocenters. The predicted molar refractivity (Wildman–Crippen MR) is 71.1 cm³/mol. The van der Waals surface area contributed by atoms with Crippen LogP contribution in [0.3, 0.4) is 0 Å². The molecule has 2 fully saturated rings. The van der Waals surface area contributed by atoms with Crippen LogP contribution in [0.5, 0.6) is 0 Å². The first-order valence-electron chi connectivity index (χ1n) is 6.63. The monoisotopic (exact) mass is 286 g/mol. The lowest BCUT2D eigenvalue weighted by Crippen LogP contribution is -2.41. The molecule has 6 heteroatoms. The number of halogens is 1. The maximum atomic E-state index is 11.4. The average Bonchev–Trinajstić information content (AvgIpc) is 2.98. The van der Waals surface area contributed by atoms with E-state index in [9.17, 15) is 9.90 Å². The summed E-state index contributed by atoms with van der Waals surface area (Å²) in [6, 6.07) is 1.88. The van der Waals surface area contributed by atoms with E-state index in [1.807, 2.05) is 6.07 Å². The summed E-state index contributed by atoms with van der Waals surface area (Å²) in [6.45, 7) is 0.592. The van der Waals surface area contributed by atoms with Gasteiger partial charge in [-0.25, -0.2) is 0 Å². The first-order valence-corrected chi connectivity index (χ1v) is 6.63. The molecule has 1 saturated heterocycles. The third-order valence-electron chi connectivity index (χ3n) is 4.34. The van der Waals surface area contributed by atoms with Gasteiger partial charge in [0.25, 0.3) is 0 Å². The summed E-state index contributed by atoms with van der Waals surface area (Å²) in [5.74, 6) is -0.153. The van der Waals surface area contributed by atoms with E-state index < -0.39 is 5.97 Å². The third kappa shape index (κ3) is 2.77. The van der Waals surface area contributed by atoms with Crippen LogP contribution in [0.25, 0.3) is 0 Å². The largest absolute Gasteiger partial charge is 0.480 e. The number of aromatic nitrogens is 1. The topological polar surface area (TPSA) is 66.6 Å². The van der Waals surface area contributed by atoms with E-state index in [1.165, 1.54) is 19.3 Å². The molecule has 1 aromatic rings. The summed E-state index contributed by atoms with van der Waals surface area (Å²) in [4.78, 5) is 13.5. The Labute approximate surface area is 118 Å². The Bertz CT molecular complexity index is 424. The maximum Gasteiger partial charge on any atom is 0.320 e. The molecule has 1 N–H and O–H groups in total. The van der Waals surface area contributed by atoms with Gasteiger partial charge in [0.05, 0.1) is 5.69 Å². The number of rotatable bonds is 3. The summed E-state index contributed by atoms with van der Waals surface area (Å²) in [5, 5.41) is 13.3. The van der Waals surface area contributed by atoms with Crippen molar-refractivity contribution in [3.8, 4) is 0 Å². The van der Waals surface area contributed by atoms with Crippen molar-refractivity contribution < 1.29 is 14.4 Å². The number of carbonyl (C=O) groups is 1. The molecule has 2 heterocycles. The van der Waals surface area contributed by atoms with E-state index in [2.05, 4.69) is 10.1 Å². The molecule has 1 aliphatic carbocycles. The van der Waals surface area contributed by atoms with Crippen molar-refractivity contribution in [2.45, 2.75) is 50.7 Å². The van der Waals surface area contributed by atoms with Crippen LogP contribution in [-0.2, 0) is 11.3 Å². The lowest BCUT2D eigenvalue weighted by atomic mass is 9.85. The van der Waals surface area contributed by atoms with E-state index in [0.29, 0.717) is 18.5 Å². The van der Waals surface area contributed by atoms with Gasteiger partial charge in [0, 0.05) is 18.7 Å². The summed E-state index contributed by atoms with van der Waals surface area (Å²) in [7, 11) is 0. The van der Waals surface area contributed by atoms with Crippen molar-refractivity contribution >= 4 is 18.4 Å². The van der Waals surface area contributed by atoms with E-state index >= 15 is 0 Å². The highest BCUT2D eigenvalue weighted by Crippen LogP contribution is 2.40. The Morgan fingerprint density at radius 2 is 2.26 bits per heavy atom. The quantitative estimate of drug-likeness (QED) is 0.923. The fraction of sp³-hybridized carbons (Fsp3) is 0.692. The van der Waals surface area contributed by atoms with Crippen molar-refractivity contribution in [2.75, 3.05) is 0 Å². The molecule has 0 amide bonds. The van der Waals surface area contributed by atoms with Crippen molar-refractivity contribution in [3.63, 3.8) is 0 Å². The van der Waals surface area contributed by atoms with Gasteiger partial charge in [0.2, 0.25) is 0 Å². The minimum Gasteiger partial charge on any atom is -0.480 e. The molecule has 0 spiro atoms. The zero-order valence-corrected chi connectivity index (χ0v) is 11.5. The van der Waals surface area contributed by atoms with Crippen LogP contribution in [0.4, 0.5) is 0 Å². The van der Waals surface area contributed by atoms with Crippen LogP contribution in [0.15, 0.2) is 16.9 Å². The zero-order chi connectivity index (χ0) is 12.5. The molecule has 0 aromatic carbocycles. The number of likely N-dealkylation sites (tertiary alicyclic amines) is 1. The SMILES string of the molecule is Cl.O=C(O)C1CC2CCCCC2N1Cc1ccon1. The Kier molecular flexibility index (Phi) is 4.47. The second-order valence-corrected chi connectivity index (χ2v) is 5.36. The zero-order valence-electron chi connectivity index (χ0n) is 10.7. The van der Waals surface area contributed by atoms with Crippen LogP contribution in [0.1, 0.15) is 37.8 Å². The van der Waals surface area contributed by atoms with Gasteiger partial charge in [0.1, 0.15) is 12.3 Å². The molecule has 19 heavy (non-hydrogen) atoms. The Balaban J connectivity index is 0.00000133. The molecule has 2 aliphatic rings. The van der Waals surface area contributed by atoms with Gasteiger partial charge in [-0.15, -0.1) is 12.4 Å². The summed E-state index contributed by atoms with van der Waals surface area (Å²) in [5.41, 5.74) is 0.826. The number of aliphatic carboxylic acids is 1.